The van der Waals surface area contributed by atoms with E-state index in [9.17, 15) is 14.7 Å². The van der Waals surface area contributed by atoms with Crippen LogP contribution >= 0.6 is 0 Å². The Morgan fingerprint density at radius 3 is 2.77 bits per heavy atom. The summed E-state index contributed by atoms with van der Waals surface area (Å²) in [6, 6.07) is 4.20. The molecule has 2 unspecified atom stereocenters. The SMILES string of the molecule is CCC(OC1CCCCC1)C(=O)NC(C(=O)O)c1ccc2c(c1)CCO2. The first-order valence-corrected chi connectivity index (χ1v) is 9.52. The Balaban J connectivity index is 1.68. The number of benzene rings is 1. The maximum atomic E-state index is 12.6. The van der Waals surface area contributed by atoms with Crippen molar-refractivity contribution in [3.8, 4) is 5.75 Å². The van der Waals surface area contributed by atoms with Gasteiger partial charge in [0.1, 0.15) is 11.9 Å². The molecule has 0 spiro atoms. The number of hydrogen-bond donors (Lipinski definition) is 2. The quantitative estimate of drug-likeness (QED) is 0.780. The molecule has 1 fully saturated rings. The Morgan fingerprint density at radius 1 is 1.31 bits per heavy atom. The summed E-state index contributed by atoms with van der Waals surface area (Å²) in [5.74, 6) is -0.650. The van der Waals surface area contributed by atoms with Gasteiger partial charge in [0, 0.05) is 6.42 Å². The summed E-state index contributed by atoms with van der Waals surface area (Å²) in [5, 5.41) is 12.3. The van der Waals surface area contributed by atoms with E-state index in [1.54, 1.807) is 12.1 Å². The molecule has 0 bridgehead atoms. The molecule has 1 aromatic rings. The normalized spacial score (nSPS) is 19.3. The van der Waals surface area contributed by atoms with Crippen molar-refractivity contribution in [3.63, 3.8) is 0 Å². The molecule has 2 N–H and O–H groups in total. The van der Waals surface area contributed by atoms with E-state index in [0.717, 1.165) is 43.4 Å². The van der Waals surface area contributed by atoms with Crippen LogP contribution in [0.5, 0.6) is 5.75 Å². The van der Waals surface area contributed by atoms with E-state index < -0.39 is 18.1 Å². The first-order valence-electron chi connectivity index (χ1n) is 9.52. The topological polar surface area (TPSA) is 84.9 Å². The second-order valence-electron chi connectivity index (χ2n) is 7.04. The highest BCUT2D eigenvalue weighted by Crippen LogP contribution is 2.28. The largest absolute Gasteiger partial charge is 0.493 e. The highest BCUT2D eigenvalue weighted by molar-refractivity contribution is 5.87. The van der Waals surface area contributed by atoms with Crippen LogP contribution in [-0.4, -0.2) is 35.8 Å². The van der Waals surface area contributed by atoms with E-state index in [0.29, 0.717) is 18.6 Å². The molecule has 3 rings (SSSR count). The zero-order valence-corrected chi connectivity index (χ0v) is 15.2. The Morgan fingerprint density at radius 2 is 2.08 bits per heavy atom. The third-order valence-electron chi connectivity index (χ3n) is 5.15. The molecule has 1 aliphatic heterocycles. The molecule has 1 saturated carbocycles. The van der Waals surface area contributed by atoms with Crippen LogP contribution in [0, 0.1) is 0 Å². The number of carboxylic acid groups (broad SMARTS) is 1. The first-order chi connectivity index (χ1) is 12.6. The zero-order chi connectivity index (χ0) is 18.5. The van der Waals surface area contributed by atoms with Crippen molar-refractivity contribution in [1.29, 1.82) is 0 Å². The monoisotopic (exact) mass is 361 g/mol. The minimum Gasteiger partial charge on any atom is -0.493 e. The summed E-state index contributed by atoms with van der Waals surface area (Å²) < 4.78 is 11.4. The van der Waals surface area contributed by atoms with E-state index >= 15 is 0 Å². The second-order valence-corrected chi connectivity index (χ2v) is 7.04. The number of rotatable bonds is 7. The minimum absolute atomic E-state index is 0.0971. The number of hydrogen-bond acceptors (Lipinski definition) is 4. The van der Waals surface area contributed by atoms with Gasteiger partial charge in [-0.05, 0) is 42.5 Å². The van der Waals surface area contributed by atoms with Crippen LogP contribution in [0.2, 0.25) is 0 Å². The fraction of sp³-hybridized carbons (Fsp3) is 0.600. The lowest BCUT2D eigenvalue weighted by Crippen LogP contribution is -2.42. The van der Waals surface area contributed by atoms with Gasteiger partial charge in [-0.25, -0.2) is 4.79 Å². The molecule has 1 aromatic carbocycles. The Hall–Kier alpha value is -2.08. The van der Waals surface area contributed by atoms with Gasteiger partial charge < -0.3 is 19.9 Å². The number of aliphatic carboxylic acids is 1. The third-order valence-corrected chi connectivity index (χ3v) is 5.15. The molecule has 142 valence electrons. The standard InChI is InChI=1S/C20H27NO5/c1-2-16(26-15-6-4-3-5-7-15)19(22)21-18(20(23)24)14-8-9-17-13(12-14)10-11-25-17/h8-9,12,15-16,18H,2-7,10-11H2,1H3,(H,21,22)(H,23,24). The molecule has 1 heterocycles. The lowest BCUT2D eigenvalue weighted by molar-refractivity contribution is -0.146. The third kappa shape index (κ3) is 4.36. The van der Waals surface area contributed by atoms with Crippen LogP contribution in [0.25, 0.3) is 0 Å². The van der Waals surface area contributed by atoms with E-state index in [2.05, 4.69) is 5.32 Å². The highest BCUT2D eigenvalue weighted by Gasteiger charge is 2.29. The van der Waals surface area contributed by atoms with E-state index in [1.807, 2.05) is 13.0 Å². The van der Waals surface area contributed by atoms with Crippen molar-refractivity contribution in [2.75, 3.05) is 6.61 Å². The minimum atomic E-state index is -1.09. The van der Waals surface area contributed by atoms with Crippen LogP contribution in [-0.2, 0) is 20.7 Å². The molecular formula is C20H27NO5. The van der Waals surface area contributed by atoms with Gasteiger partial charge in [0.25, 0.3) is 0 Å². The molecule has 0 aromatic heterocycles. The molecule has 26 heavy (non-hydrogen) atoms. The van der Waals surface area contributed by atoms with Crippen LogP contribution in [0.4, 0.5) is 0 Å². The number of nitrogens with one attached hydrogen (secondary N) is 1. The van der Waals surface area contributed by atoms with Crippen molar-refractivity contribution in [1.82, 2.24) is 5.32 Å². The van der Waals surface area contributed by atoms with E-state index in [-0.39, 0.29) is 12.0 Å². The van der Waals surface area contributed by atoms with Gasteiger partial charge in [-0.3, -0.25) is 4.79 Å². The Bertz CT molecular complexity index is 654. The Labute approximate surface area is 153 Å². The van der Waals surface area contributed by atoms with Crippen LogP contribution in [0.15, 0.2) is 18.2 Å². The van der Waals surface area contributed by atoms with Crippen LogP contribution in [0.3, 0.4) is 0 Å². The smallest absolute Gasteiger partial charge is 0.330 e. The number of amides is 1. The summed E-state index contributed by atoms with van der Waals surface area (Å²) in [4.78, 5) is 24.4. The van der Waals surface area contributed by atoms with Gasteiger partial charge in [0.05, 0.1) is 12.7 Å². The van der Waals surface area contributed by atoms with Crippen molar-refractivity contribution in [3.05, 3.63) is 29.3 Å². The van der Waals surface area contributed by atoms with Gasteiger partial charge >= 0.3 is 5.97 Å². The van der Waals surface area contributed by atoms with E-state index in [4.69, 9.17) is 9.47 Å². The predicted molar refractivity (Wildman–Crippen MR) is 96.2 cm³/mol. The molecular weight excluding hydrogens is 334 g/mol. The van der Waals surface area contributed by atoms with Gasteiger partial charge in [-0.15, -0.1) is 0 Å². The van der Waals surface area contributed by atoms with Crippen molar-refractivity contribution >= 4 is 11.9 Å². The molecule has 1 aliphatic carbocycles. The number of carbonyl (C=O) groups excluding carboxylic acids is 1. The highest BCUT2D eigenvalue weighted by atomic mass is 16.5. The molecule has 2 atom stereocenters. The van der Waals surface area contributed by atoms with Crippen molar-refractivity contribution in [2.24, 2.45) is 0 Å². The van der Waals surface area contributed by atoms with Gasteiger partial charge in [-0.2, -0.15) is 0 Å². The average molecular weight is 361 g/mol. The van der Waals surface area contributed by atoms with Crippen LogP contribution < -0.4 is 10.1 Å². The fourth-order valence-electron chi connectivity index (χ4n) is 3.69. The summed E-state index contributed by atoms with van der Waals surface area (Å²) in [5.41, 5.74) is 1.54. The summed E-state index contributed by atoms with van der Waals surface area (Å²) in [7, 11) is 0. The number of fused-ring (bicyclic) bond motifs is 1. The van der Waals surface area contributed by atoms with Gasteiger partial charge in [-0.1, -0.05) is 32.3 Å². The fourth-order valence-corrected chi connectivity index (χ4v) is 3.69. The summed E-state index contributed by atoms with van der Waals surface area (Å²) >= 11 is 0. The van der Waals surface area contributed by atoms with Gasteiger partial charge in [0.15, 0.2) is 6.04 Å². The maximum Gasteiger partial charge on any atom is 0.330 e. The zero-order valence-electron chi connectivity index (χ0n) is 15.2. The molecule has 0 saturated heterocycles. The summed E-state index contributed by atoms with van der Waals surface area (Å²) in [6.07, 6.45) is 6.16. The molecule has 1 amide bonds. The molecule has 6 heteroatoms. The van der Waals surface area contributed by atoms with Gasteiger partial charge in [0.2, 0.25) is 5.91 Å². The number of ether oxygens (including phenoxy) is 2. The summed E-state index contributed by atoms with van der Waals surface area (Å²) in [6.45, 7) is 2.49. The molecule has 0 radical (unpaired) electrons. The number of carboxylic acids is 1. The second kappa shape index (κ2) is 8.54. The van der Waals surface area contributed by atoms with Crippen molar-refractivity contribution in [2.45, 2.75) is 70.1 Å². The first kappa shape index (κ1) is 18.7. The van der Waals surface area contributed by atoms with E-state index in [1.165, 1.54) is 6.42 Å². The number of carbonyl (C=O) groups is 2. The molecule has 2 aliphatic rings. The van der Waals surface area contributed by atoms with Crippen molar-refractivity contribution < 1.29 is 24.2 Å². The average Bonchev–Trinajstić information content (AvgIpc) is 3.12. The lowest BCUT2D eigenvalue weighted by atomic mass is 9.97. The molecule has 6 nitrogen and oxygen atoms in total. The van der Waals surface area contributed by atoms with Crippen LogP contribution in [0.1, 0.15) is 62.6 Å². The lowest BCUT2D eigenvalue weighted by Gasteiger charge is -2.27. The predicted octanol–water partition coefficient (Wildman–Crippen LogP) is 2.99. The maximum absolute atomic E-state index is 12.6. The Kier molecular flexibility index (Phi) is 6.14.